The van der Waals surface area contributed by atoms with Gasteiger partial charge in [0.2, 0.25) is 0 Å². The summed E-state index contributed by atoms with van der Waals surface area (Å²) in [5.41, 5.74) is 0.546. The van der Waals surface area contributed by atoms with Gasteiger partial charge in [-0.15, -0.1) is 0 Å². The van der Waals surface area contributed by atoms with E-state index in [1.165, 1.54) is 0 Å². The quantitative estimate of drug-likeness (QED) is 0.543. The first kappa shape index (κ1) is 25.0. The molecule has 1 saturated heterocycles. The molecule has 6 nitrogen and oxygen atoms in total. The van der Waals surface area contributed by atoms with Gasteiger partial charge < -0.3 is 19.7 Å². The molecule has 3 rings (SSSR count). The largest absolute Gasteiger partial charge is 0.462 e. The summed E-state index contributed by atoms with van der Waals surface area (Å²) >= 11 is 0. The fourth-order valence-electron chi connectivity index (χ4n) is 5.85. The monoisotopic (exact) mass is 448 g/mol. The van der Waals surface area contributed by atoms with Crippen molar-refractivity contribution >= 4 is 11.9 Å². The lowest BCUT2D eigenvalue weighted by molar-refractivity contribution is -0.169. The number of allylic oxidation sites excluding steroid dienone is 2. The van der Waals surface area contributed by atoms with Crippen molar-refractivity contribution in [1.82, 2.24) is 0 Å². The molecule has 2 aliphatic carbocycles. The lowest BCUT2D eigenvalue weighted by Crippen LogP contribution is -2.45. The van der Waals surface area contributed by atoms with E-state index < -0.39 is 17.6 Å². The van der Waals surface area contributed by atoms with Crippen LogP contribution in [-0.4, -0.2) is 46.6 Å². The highest BCUT2D eigenvalue weighted by atomic mass is 16.6. The van der Waals surface area contributed by atoms with Crippen LogP contribution < -0.4 is 0 Å². The van der Waals surface area contributed by atoms with Crippen LogP contribution in [0.1, 0.15) is 79.1 Å². The SMILES string of the molecule is CCC(CC)(CC)C(=O)O[C@H]1C[C@H](O)C=C2C=C[C@@H](C)[C@H](CC[C@@H]3C[C@@H](O)CC(=O)O3)[C@H]21. The third kappa shape index (κ3) is 5.28. The summed E-state index contributed by atoms with van der Waals surface area (Å²) in [4.78, 5) is 25.0. The van der Waals surface area contributed by atoms with E-state index in [0.29, 0.717) is 19.3 Å². The van der Waals surface area contributed by atoms with E-state index in [2.05, 4.69) is 19.1 Å². The van der Waals surface area contributed by atoms with Gasteiger partial charge in [-0.2, -0.15) is 0 Å². The van der Waals surface area contributed by atoms with Crippen molar-refractivity contribution in [2.24, 2.45) is 23.2 Å². The van der Waals surface area contributed by atoms with Gasteiger partial charge in [-0.25, -0.2) is 0 Å². The molecule has 0 radical (unpaired) electrons. The maximum Gasteiger partial charge on any atom is 0.312 e. The Hall–Kier alpha value is -1.66. The van der Waals surface area contributed by atoms with Gasteiger partial charge in [-0.05, 0) is 49.5 Å². The Balaban J connectivity index is 1.78. The molecule has 180 valence electrons. The first-order chi connectivity index (χ1) is 15.2. The van der Waals surface area contributed by atoms with Gasteiger partial charge in [0, 0.05) is 18.8 Å². The maximum absolute atomic E-state index is 13.2. The van der Waals surface area contributed by atoms with Gasteiger partial charge in [0.25, 0.3) is 0 Å². The fraction of sp³-hybridized carbons (Fsp3) is 0.769. The minimum atomic E-state index is -0.635. The average Bonchev–Trinajstić information content (AvgIpc) is 2.74. The molecule has 6 heteroatoms. The number of aliphatic hydroxyl groups excluding tert-OH is 2. The molecule has 1 heterocycles. The van der Waals surface area contributed by atoms with Crippen LogP contribution in [0.4, 0.5) is 0 Å². The number of carbonyl (C=O) groups is 2. The Labute approximate surface area is 192 Å². The van der Waals surface area contributed by atoms with Gasteiger partial charge in [0.15, 0.2) is 0 Å². The summed E-state index contributed by atoms with van der Waals surface area (Å²) in [6, 6.07) is 0. The minimum absolute atomic E-state index is 0.00911. The number of rotatable bonds is 8. The minimum Gasteiger partial charge on any atom is -0.462 e. The van der Waals surface area contributed by atoms with Crippen molar-refractivity contribution in [1.29, 1.82) is 0 Å². The average molecular weight is 449 g/mol. The highest BCUT2D eigenvalue weighted by Gasteiger charge is 2.44. The second-order valence-electron chi connectivity index (χ2n) is 9.95. The van der Waals surface area contributed by atoms with E-state index in [9.17, 15) is 19.8 Å². The van der Waals surface area contributed by atoms with Gasteiger partial charge in [0.1, 0.15) is 12.2 Å². The number of fused-ring (bicyclic) bond motifs is 1. The number of hydrogen-bond acceptors (Lipinski definition) is 6. The van der Waals surface area contributed by atoms with Gasteiger partial charge in [-0.3, -0.25) is 9.59 Å². The molecule has 0 bridgehead atoms. The maximum atomic E-state index is 13.2. The third-order valence-electron chi connectivity index (χ3n) is 8.15. The van der Waals surface area contributed by atoms with Gasteiger partial charge >= 0.3 is 11.9 Å². The number of cyclic esters (lactones) is 1. The van der Waals surface area contributed by atoms with E-state index >= 15 is 0 Å². The van der Waals surface area contributed by atoms with Crippen molar-refractivity contribution in [3.8, 4) is 0 Å². The Morgan fingerprint density at radius 2 is 1.84 bits per heavy atom. The Morgan fingerprint density at radius 1 is 1.16 bits per heavy atom. The second-order valence-corrected chi connectivity index (χ2v) is 9.95. The zero-order valence-electron chi connectivity index (χ0n) is 20.0. The molecule has 1 aliphatic heterocycles. The predicted octanol–water partition coefficient (Wildman–Crippen LogP) is 4.09. The Morgan fingerprint density at radius 3 is 2.47 bits per heavy atom. The number of esters is 2. The summed E-state index contributed by atoms with van der Waals surface area (Å²) in [6.45, 7) is 8.26. The summed E-state index contributed by atoms with van der Waals surface area (Å²) in [7, 11) is 0. The van der Waals surface area contributed by atoms with Crippen LogP contribution in [0.5, 0.6) is 0 Å². The van der Waals surface area contributed by atoms with Gasteiger partial charge in [-0.1, -0.05) is 45.9 Å². The van der Waals surface area contributed by atoms with Crippen molar-refractivity contribution in [3.63, 3.8) is 0 Å². The highest BCUT2D eigenvalue weighted by molar-refractivity contribution is 5.77. The molecular formula is C26H40O6. The molecule has 32 heavy (non-hydrogen) atoms. The highest BCUT2D eigenvalue weighted by Crippen LogP contribution is 2.45. The lowest BCUT2D eigenvalue weighted by atomic mass is 9.66. The zero-order valence-corrected chi connectivity index (χ0v) is 20.0. The van der Waals surface area contributed by atoms with E-state index in [1.807, 2.05) is 26.8 Å². The van der Waals surface area contributed by atoms with E-state index in [4.69, 9.17) is 9.47 Å². The molecule has 7 atom stereocenters. The molecular weight excluding hydrogens is 408 g/mol. The van der Waals surface area contributed by atoms with E-state index in [1.54, 1.807) is 0 Å². The third-order valence-corrected chi connectivity index (χ3v) is 8.15. The molecule has 0 spiro atoms. The van der Waals surface area contributed by atoms with Crippen LogP contribution in [0.25, 0.3) is 0 Å². The van der Waals surface area contributed by atoms with Crippen LogP contribution in [0.15, 0.2) is 23.8 Å². The predicted molar refractivity (Wildman–Crippen MR) is 122 cm³/mol. The van der Waals surface area contributed by atoms with Crippen LogP contribution >= 0.6 is 0 Å². The zero-order chi connectivity index (χ0) is 23.5. The van der Waals surface area contributed by atoms with Crippen molar-refractivity contribution in [2.45, 2.75) is 103 Å². The summed E-state index contributed by atoms with van der Waals surface area (Å²) in [5, 5.41) is 20.4. The van der Waals surface area contributed by atoms with E-state index in [-0.39, 0.29) is 48.3 Å². The summed E-state index contributed by atoms with van der Waals surface area (Å²) < 4.78 is 11.6. The molecule has 0 saturated carbocycles. The molecule has 0 aromatic rings. The van der Waals surface area contributed by atoms with Crippen LogP contribution in [0.2, 0.25) is 0 Å². The van der Waals surface area contributed by atoms with Crippen molar-refractivity contribution in [3.05, 3.63) is 23.8 Å². The molecule has 2 N–H and O–H groups in total. The summed E-state index contributed by atoms with van der Waals surface area (Å²) in [6.07, 6.45) is 8.79. The van der Waals surface area contributed by atoms with Crippen LogP contribution in [-0.2, 0) is 19.1 Å². The fourth-order valence-corrected chi connectivity index (χ4v) is 5.85. The molecule has 3 aliphatic rings. The molecule has 1 fully saturated rings. The molecule has 0 aromatic heterocycles. The first-order valence-corrected chi connectivity index (χ1v) is 12.4. The standard InChI is InChI=1S/C26H40O6/c1-5-26(6-2,7-3)25(30)32-22-14-18(27)12-17-9-8-16(4)21(24(17)22)11-10-20-13-19(28)15-23(29)31-20/h8-9,12,16,18-22,24,27-28H,5-7,10-11,13-15H2,1-4H3/t16-,18-,19-,20-,21+,22+,24+/m1/s1. The van der Waals surface area contributed by atoms with E-state index in [0.717, 1.165) is 31.3 Å². The number of ether oxygens (including phenoxy) is 2. The Kier molecular flexibility index (Phi) is 8.21. The van der Waals surface area contributed by atoms with Gasteiger partial charge in [0.05, 0.1) is 24.0 Å². The topological polar surface area (TPSA) is 93.1 Å². The van der Waals surface area contributed by atoms with Crippen LogP contribution in [0.3, 0.4) is 0 Å². The molecule has 0 unspecified atom stereocenters. The number of aliphatic hydroxyl groups is 2. The normalized spacial score (nSPS) is 35.0. The molecule has 0 aromatic carbocycles. The smallest absolute Gasteiger partial charge is 0.312 e. The van der Waals surface area contributed by atoms with Crippen molar-refractivity contribution in [2.75, 3.05) is 0 Å². The Bertz CT molecular complexity index is 728. The second kappa shape index (κ2) is 10.5. The lowest BCUT2D eigenvalue weighted by Gasteiger charge is -2.44. The van der Waals surface area contributed by atoms with Crippen LogP contribution in [0, 0.1) is 23.2 Å². The molecule has 0 amide bonds. The number of hydrogen-bond donors (Lipinski definition) is 2. The number of carbonyl (C=O) groups excluding carboxylic acids is 2. The first-order valence-electron chi connectivity index (χ1n) is 12.4. The van der Waals surface area contributed by atoms with Crippen molar-refractivity contribution < 1.29 is 29.3 Å². The summed E-state index contributed by atoms with van der Waals surface area (Å²) in [5.74, 6) is -0.0168.